The molecule has 14 nitrogen and oxygen atoms in total. The molecule has 4 saturated heterocycles. The van der Waals surface area contributed by atoms with Crippen molar-refractivity contribution in [2.75, 3.05) is 26.4 Å². The van der Waals surface area contributed by atoms with Crippen LogP contribution in [0.25, 0.3) is 0 Å². The number of hydrogen-bond acceptors (Lipinski definition) is 12. The van der Waals surface area contributed by atoms with E-state index in [1.54, 1.807) is 13.8 Å². The van der Waals surface area contributed by atoms with Crippen molar-refractivity contribution < 1.29 is 56.9 Å². The highest BCUT2D eigenvalue weighted by Gasteiger charge is 2.53. The zero-order chi connectivity index (χ0) is 48.6. The van der Waals surface area contributed by atoms with E-state index in [1.807, 2.05) is 159 Å². The van der Waals surface area contributed by atoms with E-state index in [0.717, 1.165) is 21.1 Å². The summed E-state index contributed by atoms with van der Waals surface area (Å²) in [7, 11) is 0.599. The summed E-state index contributed by atoms with van der Waals surface area (Å²) < 4.78 is 51.8. The highest BCUT2D eigenvalue weighted by Crippen LogP contribution is 2.38. The number of benzene rings is 2. The molecule has 0 bridgehead atoms. The van der Waals surface area contributed by atoms with Gasteiger partial charge in [0, 0.05) is 4.47 Å². The topological polar surface area (TPSA) is 162 Å². The van der Waals surface area contributed by atoms with E-state index < -0.39 is 59.8 Å². The summed E-state index contributed by atoms with van der Waals surface area (Å²) in [5, 5.41) is 15.9. The van der Waals surface area contributed by atoms with E-state index in [-0.39, 0.29) is 22.4 Å². The second kappa shape index (κ2) is 19.1. The van der Waals surface area contributed by atoms with Gasteiger partial charge in [0.05, 0.1) is 60.0 Å². The lowest BCUT2D eigenvalue weighted by atomic mass is 9.55. The van der Waals surface area contributed by atoms with Crippen molar-refractivity contribution in [2.24, 2.45) is 0 Å². The number of amides is 2. The van der Waals surface area contributed by atoms with Gasteiger partial charge in [-0.15, -0.1) is 0 Å². The van der Waals surface area contributed by atoms with Crippen LogP contribution in [0.1, 0.15) is 136 Å². The lowest BCUT2D eigenvalue weighted by Gasteiger charge is -2.42. The van der Waals surface area contributed by atoms with Crippen LogP contribution in [0.15, 0.2) is 53.0 Å². The Morgan fingerprint density at radius 2 is 0.953 bits per heavy atom. The Morgan fingerprint density at radius 1 is 0.609 bits per heavy atom. The average Bonchev–Trinajstić information content (AvgIpc) is 3.45. The first-order chi connectivity index (χ1) is 28.9. The van der Waals surface area contributed by atoms with Crippen LogP contribution in [-0.4, -0.2) is 110 Å². The number of ether oxygens (including phenoxy) is 4. The second-order valence-electron chi connectivity index (χ2n) is 22.1. The first kappa shape index (κ1) is 53.9. The number of halogens is 1. The molecule has 0 aliphatic carbocycles. The monoisotopic (exact) mass is 957 g/mol. The molecule has 0 aromatic heterocycles. The van der Waals surface area contributed by atoms with E-state index in [9.17, 15) is 14.7 Å². The number of alkyl carbamates (subject to hydrolysis) is 2. The van der Waals surface area contributed by atoms with Gasteiger partial charge in [0.2, 0.25) is 0 Å². The maximum atomic E-state index is 12.2. The van der Waals surface area contributed by atoms with Crippen LogP contribution in [0.4, 0.5) is 9.59 Å². The summed E-state index contributed by atoms with van der Waals surface area (Å²) in [6, 6.07) is 15.8. The second-order valence-corrected chi connectivity index (χ2v) is 23.0. The Morgan fingerprint density at radius 3 is 1.27 bits per heavy atom. The summed E-state index contributed by atoms with van der Waals surface area (Å²) in [5.41, 5.74) is -2.31. The van der Waals surface area contributed by atoms with Gasteiger partial charge in [-0.25, -0.2) is 9.59 Å². The zero-order valence-electron chi connectivity index (χ0n) is 41.5. The van der Waals surface area contributed by atoms with E-state index in [4.69, 9.17) is 42.2 Å². The molecule has 4 fully saturated rings. The third-order valence-corrected chi connectivity index (χ3v) is 13.0. The fourth-order valence-corrected chi connectivity index (χ4v) is 6.52. The fraction of sp³-hybridized carbons (Fsp3) is 0.696. The third-order valence-electron chi connectivity index (χ3n) is 12.5. The molecule has 355 valence electrons. The molecule has 64 heavy (non-hydrogen) atoms. The van der Waals surface area contributed by atoms with Crippen LogP contribution in [0.2, 0.25) is 0 Å². The molecule has 4 aliphatic heterocycles. The smallest absolute Gasteiger partial charge is 0.444 e. The van der Waals surface area contributed by atoms with Crippen LogP contribution < -0.4 is 16.1 Å². The minimum atomic E-state index is -0.951. The molecule has 0 spiro atoms. The summed E-state index contributed by atoms with van der Waals surface area (Å²) in [6.45, 7) is 36.0. The lowest BCUT2D eigenvalue weighted by molar-refractivity contribution is -0.0894. The SMILES string of the molecule is CC(C)(C)OC(=O)NC1(c2ccc(B3OC(C)(C)C(C)(C)O3)cc2)COC1.CC(C)(C)OC(=O)NC1(c2ccc(Br)cc2)COC1.CC(C)(O)C(C)(C)O[B]B1OC(C)(C)C(C)(C)O1. The molecule has 0 saturated carbocycles. The van der Waals surface area contributed by atoms with Crippen molar-refractivity contribution in [2.45, 2.75) is 181 Å². The van der Waals surface area contributed by atoms with Crippen LogP contribution in [0.5, 0.6) is 0 Å². The van der Waals surface area contributed by atoms with Crippen LogP contribution >= 0.6 is 15.9 Å². The third kappa shape index (κ3) is 13.5. The first-order valence-electron chi connectivity index (χ1n) is 21.9. The van der Waals surface area contributed by atoms with E-state index in [1.165, 1.54) is 7.37 Å². The number of nitrogens with one attached hydrogen (secondary N) is 2. The zero-order valence-corrected chi connectivity index (χ0v) is 43.1. The van der Waals surface area contributed by atoms with Gasteiger partial charge in [0.25, 0.3) is 0 Å². The molecular formula is C46H73B3BrN2O12. The van der Waals surface area contributed by atoms with Gasteiger partial charge in [-0.3, -0.25) is 0 Å². The van der Waals surface area contributed by atoms with Crippen molar-refractivity contribution >= 4 is 55.1 Å². The molecule has 2 amide bonds. The summed E-state index contributed by atoms with van der Waals surface area (Å²) in [4.78, 5) is 24.1. The molecule has 3 N–H and O–H groups in total. The number of hydrogen-bond donors (Lipinski definition) is 3. The Kier molecular flexibility index (Phi) is 16.1. The molecular weight excluding hydrogens is 885 g/mol. The number of aliphatic hydroxyl groups is 1. The van der Waals surface area contributed by atoms with Gasteiger partial charge < -0.3 is 58.0 Å². The van der Waals surface area contributed by atoms with Crippen LogP contribution in [-0.2, 0) is 53.3 Å². The Labute approximate surface area is 392 Å². The standard InChI is InChI=1S/C20H30BNO5.C14H18BrNO3.C12H25B2O4/c1-17(2,3)25-16(23)22-20(12-24-13-20)14-8-10-15(11-9-14)21-26-18(4,5)19(6,7)27-21;1-13(2,3)19-12(17)16-14(8-18-9-14)10-4-6-11(15)7-5-10;1-9(2,15)10(3,4)16-13-14-17-11(5,6)12(7,8)18-14/h8-11H,12-13H2,1-7H3,(H,22,23);4-7H,8-9H2,1-3H3,(H,16,17);15H,1-8H3. The molecule has 0 atom stereocenters. The van der Waals surface area contributed by atoms with Crippen molar-refractivity contribution in [3.05, 3.63) is 64.1 Å². The van der Waals surface area contributed by atoms with Gasteiger partial charge in [0.15, 0.2) is 0 Å². The molecule has 0 unspecified atom stereocenters. The molecule has 2 aromatic carbocycles. The number of rotatable bonds is 9. The van der Waals surface area contributed by atoms with Gasteiger partial charge in [-0.1, -0.05) is 52.3 Å². The fourth-order valence-electron chi connectivity index (χ4n) is 6.25. The number of carbonyl (C=O) groups is 2. The maximum Gasteiger partial charge on any atom is 0.494 e. The molecule has 2 aromatic rings. The minimum Gasteiger partial charge on any atom is -0.444 e. The maximum absolute atomic E-state index is 12.2. The summed E-state index contributed by atoms with van der Waals surface area (Å²) in [5.74, 6) is 0. The lowest BCUT2D eigenvalue weighted by Crippen LogP contribution is -2.60. The minimum absolute atomic E-state index is 0.377. The van der Waals surface area contributed by atoms with E-state index >= 15 is 0 Å². The van der Waals surface area contributed by atoms with Gasteiger partial charge in [-0.2, -0.15) is 0 Å². The molecule has 18 heteroatoms. The molecule has 6 rings (SSSR count). The van der Waals surface area contributed by atoms with E-state index in [2.05, 4.69) is 26.6 Å². The van der Waals surface area contributed by atoms with Crippen LogP contribution in [0.3, 0.4) is 0 Å². The number of carbonyl (C=O) groups excluding carboxylic acids is 2. The highest BCUT2D eigenvalue weighted by molar-refractivity contribution is 9.10. The van der Waals surface area contributed by atoms with Crippen molar-refractivity contribution in [3.8, 4) is 0 Å². The quantitative estimate of drug-likeness (QED) is 0.211. The van der Waals surface area contributed by atoms with Crippen LogP contribution in [0, 0.1) is 0 Å². The van der Waals surface area contributed by atoms with Gasteiger partial charge in [0.1, 0.15) is 22.3 Å². The molecule has 1 radical (unpaired) electrons. The van der Waals surface area contributed by atoms with Crippen molar-refractivity contribution in [1.82, 2.24) is 10.6 Å². The van der Waals surface area contributed by atoms with Crippen molar-refractivity contribution in [3.63, 3.8) is 0 Å². The Balaban J connectivity index is 0.000000217. The summed E-state index contributed by atoms with van der Waals surface area (Å²) in [6.07, 6.45) is -0.862. The van der Waals surface area contributed by atoms with Crippen molar-refractivity contribution in [1.29, 1.82) is 0 Å². The average molecular weight is 958 g/mol. The van der Waals surface area contributed by atoms with Gasteiger partial charge >= 0.3 is 33.7 Å². The Bertz CT molecular complexity index is 1870. The summed E-state index contributed by atoms with van der Waals surface area (Å²) >= 11 is 3.40. The predicted molar refractivity (Wildman–Crippen MR) is 253 cm³/mol. The normalized spacial score (nSPS) is 21.4. The highest BCUT2D eigenvalue weighted by atomic mass is 79.9. The Hall–Kier alpha value is -2.67. The molecule has 4 aliphatic rings. The van der Waals surface area contributed by atoms with Gasteiger partial charge in [-0.05, 0) is 153 Å². The largest absolute Gasteiger partial charge is 0.494 e. The first-order valence-corrected chi connectivity index (χ1v) is 22.7. The predicted octanol–water partition coefficient (Wildman–Crippen LogP) is 7.70. The van der Waals surface area contributed by atoms with E-state index in [0.29, 0.717) is 26.4 Å². The molecule has 4 heterocycles.